The number of ether oxygens (including phenoxy) is 2. The third kappa shape index (κ3) is 4.99. The van der Waals surface area contributed by atoms with Crippen molar-refractivity contribution in [3.05, 3.63) is 53.6 Å². The van der Waals surface area contributed by atoms with E-state index in [0.29, 0.717) is 28.3 Å². The van der Waals surface area contributed by atoms with E-state index in [0.717, 1.165) is 0 Å². The summed E-state index contributed by atoms with van der Waals surface area (Å²) >= 11 is 0. The Morgan fingerprint density at radius 1 is 0.885 bits per heavy atom. The summed E-state index contributed by atoms with van der Waals surface area (Å²) in [4.78, 5) is 24.9. The fraction of sp³-hybridized carbons (Fsp3) is 0.300. The Labute approximate surface area is 153 Å². The largest absolute Gasteiger partial charge is 0.497 e. The second-order valence-corrected chi connectivity index (χ2v) is 6.81. The van der Waals surface area contributed by atoms with Crippen LogP contribution in [0.1, 0.15) is 41.5 Å². The van der Waals surface area contributed by atoms with Crippen molar-refractivity contribution in [1.29, 1.82) is 0 Å². The van der Waals surface area contributed by atoms with Gasteiger partial charge in [0, 0.05) is 22.7 Å². The molecule has 2 amide bonds. The summed E-state index contributed by atoms with van der Waals surface area (Å²) in [5.74, 6) is 0.535. The van der Waals surface area contributed by atoms with E-state index in [4.69, 9.17) is 9.47 Å². The summed E-state index contributed by atoms with van der Waals surface area (Å²) < 4.78 is 10.4. The number of hydrogen-bond donors (Lipinski definition) is 2. The van der Waals surface area contributed by atoms with Crippen molar-refractivity contribution in [2.24, 2.45) is 0 Å². The Kier molecular flexibility index (Phi) is 5.87. The lowest BCUT2D eigenvalue weighted by Gasteiger charge is -2.20. The maximum atomic E-state index is 12.6. The molecule has 2 aromatic rings. The van der Waals surface area contributed by atoms with Gasteiger partial charge in [-0.05, 0) is 51.1 Å². The fourth-order valence-electron chi connectivity index (χ4n) is 2.32. The van der Waals surface area contributed by atoms with Gasteiger partial charge in [-0.15, -0.1) is 0 Å². The monoisotopic (exact) mass is 356 g/mol. The number of nitrogens with one attached hydrogen (secondary N) is 2. The van der Waals surface area contributed by atoms with E-state index < -0.39 is 0 Å². The minimum atomic E-state index is -0.358. The van der Waals surface area contributed by atoms with Crippen molar-refractivity contribution in [2.45, 2.75) is 26.3 Å². The van der Waals surface area contributed by atoms with E-state index >= 15 is 0 Å². The summed E-state index contributed by atoms with van der Waals surface area (Å²) in [6.07, 6.45) is 0. The molecule has 0 atom stereocenters. The normalized spacial score (nSPS) is 10.8. The van der Waals surface area contributed by atoms with E-state index in [1.54, 1.807) is 49.6 Å². The lowest BCUT2D eigenvalue weighted by Crippen LogP contribution is -2.40. The summed E-state index contributed by atoms with van der Waals surface area (Å²) in [6, 6.07) is 11.7. The van der Waals surface area contributed by atoms with E-state index in [-0.39, 0.29) is 17.4 Å². The van der Waals surface area contributed by atoms with Crippen molar-refractivity contribution < 1.29 is 19.1 Å². The van der Waals surface area contributed by atoms with Crippen LogP contribution in [0.15, 0.2) is 42.5 Å². The van der Waals surface area contributed by atoms with Crippen LogP contribution < -0.4 is 20.1 Å². The van der Waals surface area contributed by atoms with Crippen LogP contribution in [-0.4, -0.2) is 31.6 Å². The van der Waals surface area contributed by atoms with Crippen molar-refractivity contribution in [1.82, 2.24) is 5.32 Å². The molecule has 26 heavy (non-hydrogen) atoms. The van der Waals surface area contributed by atoms with Crippen LogP contribution in [0.3, 0.4) is 0 Å². The number of methoxy groups -OCH3 is 2. The molecular weight excluding hydrogens is 332 g/mol. The van der Waals surface area contributed by atoms with Crippen LogP contribution in [0.4, 0.5) is 5.69 Å². The quantitative estimate of drug-likeness (QED) is 0.860. The predicted molar refractivity (Wildman–Crippen MR) is 101 cm³/mol. The highest BCUT2D eigenvalue weighted by Crippen LogP contribution is 2.29. The average Bonchev–Trinajstić information content (AvgIpc) is 2.60. The molecular formula is C20H24N2O4. The number of amides is 2. The molecule has 2 aromatic carbocycles. The number of benzene rings is 2. The lowest BCUT2D eigenvalue weighted by atomic mass is 10.1. The molecule has 2 N–H and O–H groups in total. The molecule has 0 aromatic heterocycles. The molecule has 138 valence electrons. The molecule has 6 nitrogen and oxygen atoms in total. The van der Waals surface area contributed by atoms with Gasteiger partial charge in [0.2, 0.25) is 0 Å². The zero-order valence-corrected chi connectivity index (χ0v) is 15.7. The fourth-order valence-corrected chi connectivity index (χ4v) is 2.32. The Balaban J connectivity index is 2.23. The van der Waals surface area contributed by atoms with Gasteiger partial charge in [0.15, 0.2) is 0 Å². The molecule has 0 aliphatic carbocycles. The second kappa shape index (κ2) is 7.91. The highest BCUT2D eigenvalue weighted by molar-refractivity contribution is 6.06. The van der Waals surface area contributed by atoms with E-state index in [1.807, 2.05) is 20.8 Å². The van der Waals surface area contributed by atoms with Gasteiger partial charge in [0.1, 0.15) is 11.5 Å². The van der Waals surface area contributed by atoms with Crippen LogP contribution in [0.2, 0.25) is 0 Å². The van der Waals surface area contributed by atoms with E-state index in [1.165, 1.54) is 7.11 Å². The molecule has 0 aliphatic heterocycles. The topological polar surface area (TPSA) is 76.7 Å². The molecule has 0 heterocycles. The van der Waals surface area contributed by atoms with Crippen LogP contribution in [0, 0.1) is 0 Å². The highest BCUT2D eigenvalue weighted by atomic mass is 16.5. The molecule has 6 heteroatoms. The molecule has 2 rings (SSSR count). The van der Waals surface area contributed by atoms with Gasteiger partial charge in [-0.25, -0.2) is 0 Å². The van der Waals surface area contributed by atoms with E-state index in [2.05, 4.69) is 10.6 Å². The number of carbonyl (C=O) groups excluding carboxylic acids is 2. The first-order valence-corrected chi connectivity index (χ1v) is 8.19. The third-order valence-corrected chi connectivity index (χ3v) is 3.53. The second-order valence-electron chi connectivity index (χ2n) is 6.81. The van der Waals surface area contributed by atoms with Gasteiger partial charge in [0.05, 0.1) is 19.9 Å². The molecule has 0 spiro atoms. The summed E-state index contributed by atoms with van der Waals surface area (Å²) in [5, 5.41) is 5.67. The molecule has 0 saturated carbocycles. The zero-order chi connectivity index (χ0) is 19.3. The Morgan fingerprint density at radius 3 is 2.12 bits per heavy atom. The smallest absolute Gasteiger partial charge is 0.255 e. The Hall–Kier alpha value is -3.02. The zero-order valence-electron chi connectivity index (χ0n) is 15.7. The van der Waals surface area contributed by atoms with Crippen LogP contribution in [-0.2, 0) is 0 Å². The molecule has 0 saturated heterocycles. The minimum absolute atomic E-state index is 0.230. The van der Waals surface area contributed by atoms with Gasteiger partial charge in [-0.1, -0.05) is 6.07 Å². The number of rotatable bonds is 5. The highest BCUT2D eigenvalue weighted by Gasteiger charge is 2.17. The average molecular weight is 356 g/mol. The third-order valence-electron chi connectivity index (χ3n) is 3.53. The maximum Gasteiger partial charge on any atom is 0.255 e. The predicted octanol–water partition coefficient (Wildman–Crippen LogP) is 3.48. The summed E-state index contributed by atoms with van der Waals surface area (Å²) in [5.41, 5.74) is 0.923. The van der Waals surface area contributed by atoms with Crippen LogP contribution >= 0.6 is 0 Å². The Bertz CT molecular complexity index is 810. The van der Waals surface area contributed by atoms with Crippen molar-refractivity contribution in [3.63, 3.8) is 0 Å². The van der Waals surface area contributed by atoms with Crippen molar-refractivity contribution >= 4 is 17.5 Å². The van der Waals surface area contributed by atoms with Gasteiger partial charge < -0.3 is 20.1 Å². The molecule has 0 radical (unpaired) electrons. The first kappa shape index (κ1) is 19.3. The number of hydrogen-bond acceptors (Lipinski definition) is 4. The molecule has 0 unspecified atom stereocenters. The molecule has 0 fully saturated rings. The lowest BCUT2D eigenvalue weighted by molar-refractivity contribution is 0.0919. The first-order valence-electron chi connectivity index (χ1n) is 8.19. The minimum Gasteiger partial charge on any atom is -0.497 e. The Morgan fingerprint density at radius 2 is 1.54 bits per heavy atom. The summed E-state index contributed by atoms with van der Waals surface area (Å²) in [7, 11) is 3.07. The van der Waals surface area contributed by atoms with Crippen molar-refractivity contribution in [2.75, 3.05) is 19.5 Å². The van der Waals surface area contributed by atoms with Gasteiger partial charge in [0.25, 0.3) is 11.8 Å². The molecule has 0 aliphatic rings. The first-order chi connectivity index (χ1) is 12.2. The maximum absolute atomic E-state index is 12.6. The summed E-state index contributed by atoms with van der Waals surface area (Å²) in [6.45, 7) is 5.70. The number of anilines is 1. The number of carbonyl (C=O) groups is 2. The van der Waals surface area contributed by atoms with Gasteiger partial charge >= 0.3 is 0 Å². The van der Waals surface area contributed by atoms with Gasteiger partial charge in [-0.2, -0.15) is 0 Å². The SMILES string of the molecule is COc1ccc(OC)c(NC(=O)c2cccc(C(=O)NC(C)(C)C)c2)c1. The molecule has 0 bridgehead atoms. The van der Waals surface area contributed by atoms with Crippen molar-refractivity contribution in [3.8, 4) is 11.5 Å². The van der Waals surface area contributed by atoms with Crippen LogP contribution in [0.5, 0.6) is 11.5 Å². The van der Waals surface area contributed by atoms with Crippen LogP contribution in [0.25, 0.3) is 0 Å². The standard InChI is InChI=1S/C20H24N2O4/c1-20(2,3)22-19(24)14-8-6-7-13(11-14)18(23)21-16-12-15(25-4)9-10-17(16)26-5/h6-12H,1-5H3,(H,21,23)(H,22,24). The van der Waals surface area contributed by atoms with Gasteiger partial charge in [-0.3, -0.25) is 9.59 Å². The van der Waals surface area contributed by atoms with E-state index in [9.17, 15) is 9.59 Å².